The summed E-state index contributed by atoms with van der Waals surface area (Å²) < 4.78 is 79.3. The monoisotopic (exact) mass is 1600 g/mol. The minimum Gasteiger partial charge on any atom is -0.502 e. The number of rotatable bonds is 80. The average Bonchev–Trinajstić information content (AvgIpc) is 0.765. The van der Waals surface area contributed by atoms with Gasteiger partial charge in [-0.05, 0) is 57.8 Å². The Balaban J connectivity index is 3.12. The number of ether oxygens (including phenoxy) is 12. The molecule has 0 bridgehead atoms. The van der Waals surface area contributed by atoms with Crippen molar-refractivity contribution in [3.8, 4) is 0 Å². The third-order valence-electron chi connectivity index (χ3n) is 22.1. The van der Waals surface area contributed by atoms with Crippen LogP contribution in [-0.4, -0.2) is 130 Å². The van der Waals surface area contributed by atoms with Crippen LogP contribution in [0.5, 0.6) is 0 Å². The maximum absolute atomic E-state index is 15.0. The molecule has 0 N–H and O–H groups in total. The van der Waals surface area contributed by atoms with Gasteiger partial charge in [-0.3, -0.25) is 33.6 Å². The summed E-state index contributed by atoms with van der Waals surface area (Å²) in [4.78, 5) is 102. The van der Waals surface area contributed by atoms with Gasteiger partial charge in [-0.25, -0.2) is 0 Å². The van der Waals surface area contributed by atoms with Gasteiger partial charge in [0.25, 0.3) is 0 Å². The van der Waals surface area contributed by atoms with E-state index >= 15 is 0 Å². The number of hydrogen-bond donors (Lipinski definition) is 0. The third-order valence-corrected chi connectivity index (χ3v) is 22.1. The molecule has 0 unspecified atom stereocenters. The average molecular weight is 1600 g/mol. The minimum atomic E-state index is -1.79. The maximum atomic E-state index is 15.0. The van der Waals surface area contributed by atoms with Crippen molar-refractivity contribution in [2.24, 2.45) is 0 Å². The first-order valence-electron chi connectivity index (χ1n) is 47.4. The van der Waals surface area contributed by atoms with Crippen LogP contribution in [0.2, 0.25) is 0 Å². The Kier molecular flexibility index (Phi) is 69.7. The Bertz CT molecular complexity index is 2300. The molecule has 2 aliphatic rings. The number of esters is 7. The molecular weight excluding hydrogens is 1430 g/mol. The van der Waals surface area contributed by atoms with Crippen LogP contribution in [0.4, 0.5) is 0 Å². The molecule has 0 spiro atoms. The predicted octanol–water partition coefficient (Wildman–Crippen LogP) is 24.7. The van der Waals surface area contributed by atoms with Gasteiger partial charge in [-0.2, -0.15) is 0 Å². The lowest BCUT2D eigenvalue weighted by Gasteiger charge is -2.49. The molecule has 0 saturated carbocycles. The Morgan fingerprint density at radius 2 is 0.469 bits per heavy atom. The molecule has 2 aliphatic heterocycles. The summed E-state index contributed by atoms with van der Waals surface area (Å²) in [7, 11) is 0. The van der Waals surface area contributed by atoms with Crippen LogP contribution in [0.25, 0.3) is 0 Å². The van der Waals surface area contributed by atoms with E-state index in [-0.39, 0.29) is 51.6 Å². The summed E-state index contributed by atoms with van der Waals surface area (Å²) in [5.74, 6) is -4.07. The van der Waals surface area contributed by atoms with Crippen molar-refractivity contribution in [2.45, 2.75) is 521 Å². The number of carbonyl (C=O) groups is 7. The van der Waals surface area contributed by atoms with Crippen molar-refractivity contribution in [3.63, 3.8) is 0 Å². The second-order valence-corrected chi connectivity index (χ2v) is 32.7. The molecule has 660 valence electrons. The lowest BCUT2D eigenvalue weighted by molar-refractivity contribution is -0.361. The van der Waals surface area contributed by atoms with Crippen molar-refractivity contribution in [3.05, 3.63) is 12.8 Å². The van der Waals surface area contributed by atoms with E-state index in [9.17, 15) is 33.6 Å². The highest BCUT2D eigenvalue weighted by atomic mass is 16.8. The molecule has 0 radical (unpaired) electrons. The van der Waals surface area contributed by atoms with E-state index in [0.717, 1.165) is 315 Å². The summed E-state index contributed by atoms with van der Waals surface area (Å²) in [5, 5.41) is 0. The van der Waals surface area contributed by atoms with Gasteiger partial charge >= 0.3 is 41.8 Å². The molecule has 0 aromatic carbocycles. The lowest BCUT2D eigenvalue weighted by Crippen LogP contribution is -2.67. The summed E-state index contributed by atoms with van der Waals surface area (Å²) in [5.41, 5.74) is 0. The van der Waals surface area contributed by atoms with Crippen LogP contribution in [0.15, 0.2) is 12.8 Å². The summed E-state index contributed by atoms with van der Waals surface area (Å²) in [6, 6.07) is 0. The van der Waals surface area contributed by atoms with Gasteiger partial charge in [0.15, 0.2) is 43.1 Å². The van der Waals surface area contributed by atoms with Crippen LogP contribution in [-0.2, 0) is 90.4 Å². The van der Waals surface area contributed by atoms with E-state index in [4.69, 9.17) is 56.8 Å². The minimum absolute atomic E-state index is 0.00807. The molecule has 2 heterocycles. The molecule has 19 heteroatoms. The van der Waals surface area contributed by atoms with Crippen molar-refractivity contribution in [1.29, 1.82) is 0 Å². The van der Waals surface area contributed by atoms with E-state index < -0.39 is 116 Å². The maximum Gasteiger partial charge on any atom is 0.306 e. The fourth-order valence-electron chi connectivity index (χ4n) is 15.0. The zero-order chi connectivity index (χ0) is 82.1. The van der Waals surface area contributed by atoms with Crippen LogP contribution < -0.4 is 0 Å². The van der Waals surface area contributed by atoms with Crippen LogP contribution in [0, 0.1) is 0 Å². The molecule has 10 atom stereocenters. The molecule has 0 amide bonds. The van der Waals surface area contributed by atoms with Crippen molar-refractivity contribution >= 4 is 41.8 Å². The van der Waals surface area contributed by atoms with Gasteiger partial charge in [0.05, 0.1) is 12.9 Å². The van der Waals surface area contributed by atoms with Gasteiger partial charge in [-0.1, -0.05) is 363 Å². The van der Waals surface area contributed by atoms with Crippen LogP contribution >= 0.6 is 0 Å². The van der Waals surface area contributed by atoms with Crippen LogP contribution in [0.3, 0.4) is 0 Å². The smallest absolute Gasteiger partial charge is 0.306 e. The van der Waals surface area contributed by atoms with E-state index in [1.54, 1.807) is 0 Å². The molecule has 0 aliphatic carbocycles. The predicted molar refractivity (Wildman–Crippen MR) is 451 cm³/mol. The molecule has 2 saturated heterocycles. The molecule has 2 rings (SSSR count). The van der Waals surface area contributed by atoms with Crippen molar-refractivity contribution in [1.82, 2.24) is 0 Å². The Morgan fingerprint density at radius 1 is 0.248 bits per heavy atom. The van der Waals surface area contributed by atoms with Gasteiger partial charge in [0, 0.05) is 51.6 Å². The molecule has 113 heavy (non-hydrogen) atoms. The number of carbonyl (C=O) groups excluding carboxylic acids is 7. The summed E-state index contributed by atoms with van der Waals surface area (Å²) >= 11 is 0. The first kappa shape index (κ1) is 105. The van der Waals surface area contributed by atoms with Gasteiger partial charge in [-0.15, -0.1) is 0 Å². The Morgan fingerprint density at radius 3 is 0.770 bits per heavy atom. The normalized spacial score (nSPS) is 19.5. The standard InChI is InChI=1S/C94H170O19/c1-9-17-24-31-40-49-58-67-80(95)104-76-78-87(108-82(97)69-60-51-42-33-26-19-11-3)89(109-83(98)70-61-52-43-34-27-20-12-4)92(112-86(101)73-64-55-46-37-30-23-15-7)94(107-78)113-88-79(77-105-81(96)68-59-50-41-32-25-18-10-2)106-93(103-75-66-57-48-39-38-47-56-65-74-102-16-8)91(111-85(100)72-63-54-45-36-29-22-14-6)90(88)110-84(99)71-62-53-44-35-28-21-13-5/h16,78-79,87-94H,8-15,17-77H2,1-7H3/t78-,79-,87-,88-,89+,90+,91-,92-,93-,94+/m1/s1. The Hall–Kier alpha value is -4.33. The van der Waals surface area contributed by atoms with Crippen molar-refractivity contribution in [2.75, 3.05) is 26.4 Å². The lowest BCUT2D eigenvalue weighted by atomic mass is 9.95. The zero-order valence-corrected chi connectivity index (χ0v) is 73.4. The van der Waals surface area contributed by atoms with Gasteiger partial charge in [0.1, 0.15) is 31.5 Å². The van der Waals surface area contributed by atoms with E-state index in [2.05, 4.69) is 55.0 Å². The van der Waals surface area contributed by atoms with Crippen molar-refractivity contribution < 1.29 is 90.4 Å². The first-order valence-corrected chi connectivity index (χ1v) is 47.4. The molecule has 2 fully saturated rings. The summed E-state index contributed by atoms with van der Waals surface area (Å²) in [6.45, 7) is 18.8. The third kappa shape index (κ3) is 55.9. The summed E-state index contributed by atoms with van der Waals surface area (Å²) in [6.07, 6.45) is 40.7. The number of hydrogen-bond acceptors (Lipinski definition) is 19. The van der Waals surface area contributed by atoms with E-state index in [1.807, 2.05) is 0 Å². The second kappa shape index (κ2) is 75.2. The van der Waals surface area contributed by atoms with Gasteiger partial charge in [0.2, 0.25) is 0 Å². The first-order chi connectivity index (χ1) is 55.3. The zero-order valence-electron chi connectivity index (χ0n) is 73.4. The topological polar surface area (TPSA) is 230 Å². The highest BCUT2D eigenvalue weighted by Crippen LogP contribution is 2.38. The largest absolute Gasteiger partial charge is 0.502 e. The van der Waals surface area contributed by atoms with Crippen LogP contribution in [0.1, 0.15) is 459 Å². The molecule has 0 aromatic heterocycles. The van der Waals surface area contributed by atoms with E-state index in [0.29, 0.717) is 58.0 Å². The fraction of sp³-hybridized carbons (Fsp3) is 0.904. The fourth-order valence-corrected chi connectivity index (χ4v) is 15.0. The van der Waals surface area contributed by atoms with Gasteiger partial charge < -0.3 is 56.8 Å². The molecular formula is C94H170O19. The second-order valence-electron chi connectivity index (χ2n) is 32.7. The molecule has 0 aromatic rings. The highest BCUT2D eigenvalue weighted by Gasteiger charge is 2.58. The SMILES string of the molecule is C=COCCCCCCCCCCO[C@@H]1O[C@H](COC(=O)CCCCCCCCC)[C@@H](O[C@@H]2O[C@H](COC(=O)CCCCCCCCC)[C@@H](OC(=O)CCCCCCCCC)[C@H](OC(=O)CCCCCCCCC)[C@H]2OC(=O)CCCCCCCCC)[C@H](OC(=O)CCCCCCCCC)[C@H]1OC(=O)CCCCCCCCC. The Labute approximate surface area is 688 Å². The highest BCUT2D eigenvalue weighted by molar-refractivity contribution is 5.73. The molecule has 19 nitrogen and oxygen atoms in total. The van der Waals surface area contributed by atoms with E-state index in [1.165, 1.54) is 6.26 Å². The quantitative estimate of drug-likeness (QED) is 0.0238. The number of unbranched alkanes of at least 4 members (excludes halogenated alkanes) is 49.